The van der Waals surface area contributed by atoms with Crippen molar-refractivity contribution in [3.05, 3.63) is 0 Å². The molecule has 0 aromatic carbocycles. The molecule has 5 nitrogen and oxygen atoms in total. The first kappa shape index (κ1) is 17.8. The summed E-state index contributed by atoms with van der Waals surface area (Å²) in [6, 6.07) is -0.700. The number of urea groups is 1. The van der Waals surface area contributed by atoms with Gasteiger partial charge in [-0.2, -0.15) is 0 Å². The monoisotopic (exact) mass is 298 g/mol. The van der Waals surface area contributed by atoms with Crippen LogP contribution in [0.25, 0.3) is 0 Å². The van der Waals surface area contributed by atoms with E-state index in [0.717, 1.165) is 38.5 Å². The van der Waals surface area contributed by atoms with Crippen molar-refractivity contribution in [1.82, 2.24) is 10.2 Å². The predicted molar refractivity (Wildman–Crippen MR) is 83.3 cm³/mol. The molecule has 0 saturated heterocycles. The van der Waals surface area contributed by atoms with Crippen LogP contribution in [0, 0.1) is 5.92 Å². The second-order valence-electron chi connectivity index (χ2n) is 6.44. The van der Waals surface area contributed by atoms with Crippen LogP contribution in [0.4, 0.5) is 4.79 Å². The minimum atomic E-state index is -0.944. The minimum Gasteiger partial charge on any atom is -0.480 e. The molecule has 0 bridgehead atoms. The summed E-state index contributed by atoms with van der Waals surface area (Å²) in [5, 5.41) is 11.9. The Morgan fingerprint density at radius 3 is 2.33 bits per heavy atom. The number of carboxylic acids is 1. The number of carbonyl (C=O) groups is 2. The van der Waals surface area contributed by atoms with Crippen LogP contribution in [0.15, 0.2) is 0 Å². The molecule has 1 atom stereocenters. The van der Waals surface area contributed by atoms with Gasteiger partial charge >= 0.3 is 12.0 Å². The van der Waals surface area contributed by atoms with Gasteiger partial charge in [-0.15, -0.1) is 0 Å². The van der Waals surface area contributed by atoms with Crippen molar-refractivity contribution in [3.63, 3.8) is 0 Å². The Labute approximate surface area is 128 Å². The number of nitrogens with zero attached hydrogens (tertiary/aromatic N) is 1. The fourth-order valence-corrected chi connectivity index (χ4v) is 2.84. The maximum atomic E-state index is 12.5. The van der Waals surface area contributed by atoms with Crippen LogP contribution in [-0.4, -0.2) is 40.6 Å². The molecule has 0 aromatic rings. The molecule has 0 aromatic heterocycles. The van der Waals surface area contributed by atoms with Gasteiger partial charge < -0.3 is 15.3 Å². The fraction of sp³-hybridized carbons (Fsp3) is 0.875. The number of rotatable bonds is 8. The van der Waals surface area contributed by atoms with E-state index in [9.17, 15) is 14.7 Å². The normalized spacial score (nSPS) is 17.0. The third-order valence-corrected chi connectivity index (χ3v) is 4.15. The summed E-state index contributed by atoms with van der Waals surface area (Å²) in [4.78, 5) is 25.6. The van der Waals surface area contributed by atoms with Crippen LogP contribution in [0.2, 0.25) is 0 Å². The van der Waals surface area contributed by atoms with E-state index in [4.69, 9.17) is 0 Å². The van der Waals surface area contributed by atoms with Crippen LogP contribution in [0.1, 0.15) is 65.7 Å². The summed E-state index contributed by atoms with van der Waals surface area (Å²) in [5.41, 5.74) is 0. The lowest BCUT2D eigenvalue weighted by atomic mass is 10.1. The summed E-state index contributed by atoms with van der Waals surface area (Å²) in [6.45, 7) is 6.92. The molecule has 0 heterocycles. The molecule has 0 aliphatic heterocycles. The van der Waals surface area contributed by atoms with Crippen molar-refractivity contribution >= 4 is 12.0 Å². The van der Waals surface area contributed by atoms with Gasteiger partial charge in [-0.3, -0.25) is 0 Å². The highest BCUT2D eigenvalue weighted by molar-refractivity contribution is 5.82. The standard InChI is InChI=1S/C16H30N2O3/c1-4-7-14(15(19)20)17-16(21)18(11-10-12(2)3)13-8-5-6-9-13/h12-14H,4-11H2,1-3H3,(H,17,21)(H,19,20)/t14-/m0/s1. The highest BCUT2D eigenvalue weighted by Gasteiger charge is 2.29. The lowest BCUT2D eigenvalue weighted by molar-refractivity contribution is -0.139. The molecule has 0 radical (unpaired) electrons. The molecule has 21 heavy (non-hydrogen) atoms. The quantitative estimate of drug-likeness (QED) is 0.722. The molecular weight excluding hydrogens is 268 g/mol. The van der Waals surface area contributed by atoms with E-state index in [2.05, 4.69) is 19.2 Å². The summed E-state index contributed by atoms with van der Waals surface area (Å²) in [7, 11) is 0. The first-order valence-electron chi connectivity index (χ1n) is 8.25. The molecule has 1 aliphatic carbocycles. The Balaban J connectivity index is 2.66. The number of amides is 2. The van der Waals surface area contributed by atoms with Crippen LogP contribution < -0.4 is 5.32 Å². The highest BCUT2D eigenvalue weighted by Crippen LogP contribution is 2.24. The molecule has 1 rings (SSSR count). The zero-order chi connectivity index (χ0) is 15.8. The Bertz CT molecular complexity index is 338. The van der Waals surface area contributed by atoms with Gasteiger partial charge in [-0.1, -0.05) is 40.0 Å². The average Bonchev–Trinajstić information content (AvgIpc) is 2.91. The summed E-state index contributed by atoms with van der Waals surface area (Å²) < 4.78 is 0. The largest absolute Gasteiger partial charge is 0.480 e. The van der Waals surface area contributed by atoms with E-state index in [1.165, 1.54) is 0 Å². The van der Waals surface area contributed by atoms with Gasteiger partial charge in [-0.05, 0) is 31.6 Å². The average molecular weight is 298 g/mol. The molecule has 0 spiro atoms. The van der Waals surface area contributed by atoms with Crippen LogP contribution in [0.3, 0.4) is 0 Å². The summed E-state index contributed by atoms with van der Waals surface area (Å²) in [5.74, 6) is -0.409. The second kappa shape index (κ2) is 8.90. The van der Waals surface area contributed by atoms with Crippen molar-refractivity contribution in [1.29, 1.82) is 0 Å². The number of nitrogens with one attached hydrogen (secondary N) is 1. The smallest absolute Gasteiger partial charge is 0.326 e. The van der Waals surface area contributed by atoms with E-state index < -0.39 is 12.0 Å². The zero-order valence-electron chi connectivity index (χ0n) is 13.6. The van der Waals surface area contributed by atoms with Crippen molar-refractivity contribution in [2.75, 3.05) is 6.54 Å². The van der Waals surface area contributed by atoms with Gasteiger partial charge in [0, 0.05) is 12.6 Å². The van der Waals surface area contributed by atoms with E-state index in [1.54, 1.807) is 0 Å². The first-order chi connectivity index (χ1) is 9.95. The number of aliphatic carboxylic acids is 1. The number of hydrogen-bond acceptors (Lipinski definition) is 2. The third kappa shape index (κ3) is 5.94. The number of carboxylic acid groups (broad SMARTS) is 1. The van der Waals surface area contributed by atoms with Crippen molar-refractivity contribution < 1.29 is 14.7 Å². The molecule has 2 amide bonds. The van der Waals surface area contributed by atoms with Crippen molar-refractivity contribution in [2.24, 2.45) is 5.92 Å². The van der Waals surface area contributed by atoms with Gasteiger partial charge in [-0.25, -0.2) is 9.59 Å². The lowest BCUT2D eigenvalue weighted by Gasteiger charge is -2.31. The fourth-order valence-electron chi connectivity index (χ4n) is 2.84. The molecule has 1 saturated carbocycles. The summed E-state index contributed by atoms with van der Waals surface area (Å²) in [6.07, 6.45) is 6.57. The van der Waals surface area contributed by atoms with Crippen molar-refractivity contribution in [3.8, 4) is 0 Å². The molecule has 2 N–H and O–H groups in total. The van der Waals surface area contributed by atoms with E-state index in [-0.39, 0.29) is 12.1 Å². The number of carbonyl (C=O) groups excluding carboxylic acids is 1. The minimum absolute atomic E-state index is 0.205. The Hall–Kier alpha value is -1.26. The summed E-state index contributed by atoms with van der Waals surface area (Å²) >= 11 is 0. The zero-order valence-corrected chi connectivity index (χ0v) is 13.6. The van der Waals surface area contributed by atoms with Gasteiger partial charge in [0.1, 0.15) is 6.04 Å². The molecule has 5 heteroatoms. The topological polar surface area (TPSA) is 69.6 Å². The SMILES string of the molecule is CCC[C@H](NC(=O)N(CCC(C)C)C1CCCC1)C(=O)O. The Kier molecular flexibility index (Phi) is 7.54. The first-order valence-corrected chi connectivity index (χ1v) is 8.25. The van der Waals surface area contributed by atoms with E-state index >= 15 is 0 Å². The van der Waals surface area contributed by atoms with E-state index in [1.807, 2.05) is 11.8 Å². The van der Waals surface area contributed by atoms with Crippen LogP contribution in [0.5, 0.6) is 0 Å². The molecule has 0 unspecified atom stereocenters. The van der Waals surface area contributed by atoms with Crippen molar-refractivity contribution in [2.45, 2.75) is 77.8 Å². The van der Waals surface area contributed by atoms with Gasteiger partial charge in [0.05, 0.1) is 0 Å². The van der Waals surface area contributed by atoms with Gasteiger partial charge in [0.15, 0.2) is 0 Å². The van der Waals surface area contributed by atoms with Crippen LogP contribution in [-0.2, 0) is 4.79 Å². The lowest BCUT2D eigenvalue weighted by Crippen LogP contribution is -2.51. The maximum Gasteiger partial charge on any atom is 0.326 e. The maximum absolute atomic E-state index is 12.5. The molecular formula is C16H30N2O3. The van der Waals surface area contributed by atoms with Gasteiger partial charge in [0.2, 0.25) is 0 Å². The predicted octanol–water partition coefficient (Wildman–Crippen LogP) is 3.24. The van der Waals surface area contributed by atoms with Crippen LogP contribution >= 0.6 is 0 Å². The highest BCUT2D eigenvalue weighted by atomic mass is 16.4. The Morgan fingerprint density at radius 1 is 1.24 bits per heavy atom. The molecule has 1 fully saturated rings. The van der Waals surface area contributed by atoms with Gasteiger partial charge in [0.25, 0.3) is 0 Å². The second-order valence-corrected chi connectivity index (χ2v) is 6.44. The number of hydrogen-bond donors (Lipinski definition) is 2. The third-order valence-electron chi connectivity index (χ3n) is 4.15. The molecule has 1 aliphatic rings. The van der Waals surface area contributed by atoms with E-state index in [0.29, 0.717) is 18.9 Å². The Morgan fingerprint density at radius 2 is 1.86 bits per heavy atom. The molecule has 122 valence electrons.